The van der Waals surface area contributed by atoms with Gasteiger partial charge in [-0.15, -0.1) is 23.1 Å². The third-order valence-electron chi connectivity index (χ3n) is 3.80. The summed E-state index contributed by atoms with van der Waals surface area (Å²) in [6.07, 6.45) is 0.980. The van der Waals surface area contributed by atoms with E-state index < -0.39 is 0 Å². The van der Waals surface area contributed by atoms with Gasteiger partial charge in [0.25, 0.3) is 0 Å². The lowest BCUT2D eigenvalue weighted by Gasteiger charge is -2.05. The molecule has 0 fully saturated rings. The number of thioether (sulfide) groups is 1. The number of carbonyl (C=O) groups is 1. The van der Waals surface area contributed by atoms with Gasteiger partial charge in [0.15, 0.2) is 5.13 Å². The minimum atomic E-state index is -0.0787. The highest BCUT2D eigenvalue weighted by Crippen LogP contribution is 2.27. The van der Waals surface area contributed by atoms with Crippen LogP contribution in [-0.2, 0) is 4.79 Å². The number of aromatic nitrogens is 1. The molecular formula is C21H22N2O3S2. The summed E-state index contributed by atoms with van der Waals surface area (Å²) in [6, 6.07) is 15.5. The number of hydrogen-bond donors (Lipinski definition) is 1. The van der Waals surface area contributed by atoms with Crippen LogP contribution in [0.5, 0.6) is 11.5 Å². The Morgan fingerprint density at radius 3 is 2.50 bits per heavy atom. The van der Waals surface area contributed by atoms with E-state index in [0.29, 0.717) is 17.5 Å². The summed E-state index contributed by atoms with van der Waals surface area (Å²) >= 11 is 2.89. The number of ether oxygens (including phenoxy) is 2. The number of benzene rings is 2. The molecule has 3 rings (SSSR count). The van der Waals surface area contributed by atoms with Gasteiger partial charge in [0.05, 0.1) is 25.2 Å². The zero-order valence-electron chi connectivity index (χ0n) is 15.8. The molecule has 1 N–H and O–H groups in total. The zero-order chi connectivity index (χ0) is 19.8. The van der Waals surface area contributed by atoms with Crippen molar-refractivity contribution >= 4 is 34.1 Å². The van der Waals surface area contributed by atoms with Crippen LogP contribution in [0, 0.1) is 0 Å². The summed E-state index contributed by atoms with van der Waals surface area (Å²) in [4.78, 5) is 17.7. The minimum absolute atomic E-state index is 0.0787. The van der Waals surface area contributed by atoms with Crippen molar-refractivity contribution in [1.82, 2.24) is 4.98 Å². The van der Waals surface area contributed by atoms with Crippen LogP contribution in [0.3, 0.4) is 0 Å². The Morgan fingerprint density at radius 1 is 1.11 bits per heavy atom. The Bertz CT molecular complexity index is 893. The van der Waals surface area contributed by atoms with Crippen LogP contribution in [0.1, 0.15) is 13.3 Å². The summed E-state index contributed by atoms with van der Waals surface area (Å²) < 4.78 is 10.7. The zero-order valence-corrected chi connectivity index (χ0v) is 17.4. The molecule has 1 aromatic heterocycles. The van der Waals surface area contributed by atoms with Crippen molar-refractivity contribution in [2.24, 2.45) is 0 Å². The number of carbonyl (C=O) groups excluding carboxylic acids is 1. The number of nitrogens with one attached hydrogen (secondary N) is 1. The lowest BCUT2D eigenvalue weighted by molar-refractivity contribution is -0.113. The summed E-state index contributed by atoms with van der Waals surface area (Å²) in [7, 11) is 1.63. The smallest absolute Gasteiger partial charge is 0.236 e. The molecule has 0 unspecified atom stereocenters. The van der Waals surface area contributed by atoms with Gasteiger partial charge >= 0.3 is 0 Å². The minimum Gasteiger partial charge on any atom is -0.497 e. The van der Waals surface area contributed by atoms with Gasteiger partial charge in [0, 0.05) is 15.8 Å². The molecular weight excluding hydrogens is 392 g/mol. The molecule has 28 heavy (non-hydrogen) atoms. The van der Waals surface area contributed by atoms with Crippen LogP contribution in [-0.4, -0.2) is 30.4 Å². The highest BCUT2D eigenvalue weighted by atomic mass is 32.2. The first-order chi connectivity index (χ1) is 13.7. The van der Waals surface area contributed by atoms with Crippen molar-refractivity contribution in [3.05, 3.63) is 53.9 Å². The summed E-state index contributed by atoms with van der Waals surface area (Å²) in [5.74, 6) is 1.90. The maximum Gasteiger partial charge on any atom is 0.236 e. The highest BCUT2D eigenvalue weighted by molar-refractivity contribution is 8.00. The summed E-state index contributed by atoms with van der Waals surface area (Å²) in [5, 5.41) is 5.40. The molecule has 0 bridgehead atoms. The number of anilines is 1. The second kappa shape index (κ2) is 10.1. The van der Waals surface area contributed by atoms with E-state index in [4.69, 9.17) is 9.47 Å². The van der Waals surface area contributed by atoms with E-state index in [2.05, 4.69) is 17.2 Å². The van der Waals surface area contributed by atoms with Crippen LogP contribution in [0.2, 0.25) is 0 Å². The predicted octanol–water partition coefficient (Wildman–Crippen LogP) is 5.34. The Kier molecular flexibility index (Phi) is 7.33. The van der Waals surface area contributed by atoms with Crippen molar-refractivity contribution < 1.29 is 14.3 Å². The molecule has 0 aliphatic carbocycles. The first-order valence-electron chi connectivity index (χ1n) is 8.93. The van der Waals surface area contributed by atoms with Gasteiger partial charge in [0.2, 0.25) is 5.91 Å². The number of amides is 1. The Morgan fingerprint density at radius 2 is 1.82 bits per heavy atom. The van der Waals surface area contributed by atoms with Crippen LogP contribution >= 0.6 is 23.1 Å². The average molecular weight is 415 g/mol. The molecule has 146 valence electrons. The average Bonchev–Trinajstić information content (AvgIpc) is 3.20. The fraction of sp³-hybridized carbons (Fsp3) is 0.238. The predicted molar refractivity (Wildman–Crippen MR) is 116 cm³/mol. The second-order valence-corrected chi connectivity index (χ2v) is 7.83. The molecule has 1 heterocycles. The number of hydrogen-bond acceptors (Lipinski definition) is 6. The van der Waals surface area contributed by atoms with Crippen molar-refractivity contribution in [1.29, 1.82) is 0 Å². The van der Waals surface area contributed by atoms with Crippen LogP contribution < -0.4 is 14.8 Å². The van der Waals surface area contributed by atoms with Crippen LogP contribution in [0.4, 0.5) is 5.13 Å². The van der Waals surface area contributed by atoms with E-state index in [1.54, 1.807) is 7.11 Å². The molecule has 2 aromatic carbocycles. The normalized spacial score (nSPS) is 10.5. The third-order valence-corrected chi connectivity index (χ3v) is 5.57. The van der Waals surface area contributed by atoms with Gasteiger partial charge in [-0.2, -0.15) is 0 Å². The SMILES string of the molecule is CCCOc1ccc(-c2csc(NC(=O)CSc3ccc(OC)cc3)n2)cc1. The topological polar surface area (TPSA) is 60.5 Å². The Labute approximate surface area is 173 Å². The molecule has 7 heteroatoms. The fourth-order valence-electron chi connectivity index (χ4n) is 2.38. The van der Waals surface area contributed by atoms with E-state index in [-0.39, 0.29) is 5.91 Å². The monoisotopic (exact) mass is 414 g/mol. The van der Waals surface area contributed by atoms with Gasteiger partial charge < -0.3 is 14.8 Å². The molecule has 1 amide bonds. The summed E-state index contributed by atoms with van der Waals surface area (Å²) in [6.45, 7) is 2.79. The maximum atomic E-state index is 12.2. The number of nitrogens with zero attached hydrogens (tertiary/aromatic N) is 1. The largest absolute Gasteiger partial charge is 0.497 e. The van der Waals surface area contributed by atoms with Crippen molar-refractivity contribution in [2.45, 2.75) is 18.2 Å². The molecule has 0 aliphatic heterocycles. The van der Waals surface area contributed by atoms with Crippen molar-refractivity contribution in [3.63, 3.8) is 0 Å². The molecule has 0 radical (unpaired) electrons. The number of thiazole rings is 1. The molecule has 0 atom stereocenters. The molecule has 0 aliphatic rings. The Balaban J connectivity index is 1.52. The molecule has 5 nitrogen and oxygen atoms in total. The van der Waals surface area contributed by atoms with Gasteiger partial charge in [0.1, 0.15) is 11.5 Å². The van der Waals surface area contributed by atoms with Crippen LogP contribution in [0.25, 0.3) is 11.3 Å². The standard InChI is InChI=1S/C21H22N2O3S2/c1-3-12-26-17-6-4-15(5-7-17)19-13-28-21(22-19)23-20(24)14-27-18-10-8-16(25-2)9-11-18/h4-11,13H,3,12,14H2,1-2H3,(H,22,23,24). The molecule has 0 spiro atoms. The lowest BCUT2D eigenvalue weighted by Crippen LogP contribution is -2.13. The first-order valence-corrected chi connectivity index (χ1v) is 10.8. The van der Waals surface area contributed by atoms with Crippen LogP contribution in [0.15, 0.2) is 58.8 Å². The van der Waals surface area contributed by atoms with Crippen molar-refractivity contribution in [2.75, 3.05) is 24.8 Å². The maximum absolute atomic E-state index is 12.2. The van der Waals surface area contributed by atoms with Gasteiger partial charge in [-0.1, -0.05) is 6.92 Å². The van der Waals surface area contributed by atoms with Gasteiger partial charge in [-0.05, 0) is 55.0 Å². The molecule has 0 saturated carbocycles. The fourth-order valence-corrected chi connectivity index (χ4v) is 3.82. The second-order valence-electron chi connectivity index (χ2n) is 5.92. The quantitative estimate of drug-likeness (QED) is 0.479. The van der Waals surface area contributed by atoms with Gasteiger partial charge in [-0.25, -0.2) is 4.98 Å². The first kappa shape index (κ1) is 20.2. The third kappa shape index (κ3) is 5.74. The number of rotatable bonds is 9. The van der Waals surface area contributed by atoms with Gasteiger partial charge in [-0.3, -0.25) is 4.79 Å². The van der Waals surface area contributed by atoms with E-state index in [0.717, 1.165) is 34.1 Å². The van der Waals surface area contributed by atoms with E-state index >= 15 is 0 Å². The van der Waals surface area contributed by atoms with E-state index in [9.17, 15) is 4.79 Å². The Hall–Kier alpha value is -2.51. The summed E-state index contributed by atoms with van der Waals surface area (Å²) in [5.41, 5.74) is 1.83. The van der Waals surface area contributed by atoms with E-state index in [1.807, 2.05) is 53.9 Å². The van der Waals surface area contributed by atoms with E-state index in [1.165, 1.54) is 23.1 Å². The lowest BCUT2D eigenvalue weighted by atomic mass is 10.2. The molecule has 0 saturated heterocycles. The molecule has 3 aromatic rings. The van der Waals surface area contributed by atoms with Crippen molar-refractivity contribution in [3.8, 4) is 22.8 Å². The highest BCUT2D eigenvalue weighted by Gasteiger charge is 2.09. The number of methoxy groups -OCH3 is 1.